The maximum Gasteiger partial charge on any atom is 0.303 e. The smallest absolute Gasteiger partial charge is 0.303 e. The molecule has 0 saturated heterocycles. The Morgan fingerprint density at radius 2 is 1.90 bits per heavy atom. The second kappa shape index (κ2) is 8.27. The molecule has 0 radical (unpaired) electrons. The number of amides is 1. The molecular weight excluding hydrogens is 373 g/mol. The first-order chi connectivity index (χ1) is 13.7. The van der Waals surface area contributed by atoms with E-state index >= 15 is 0 Å². The monoisotopic (exact) mass is 399 g/mol. The Morgan fingerprint density at radius 1 is 1.21 bits per heavy atom. The van der Waals surface area contributed by atoms with Gasteiger partial charge in [0.15, 0.2) is 5.60 Å². The highest BCUT2D eigenvalue weighted by Crippen LogP contribution is 2.43. The van der Waals surface area contributed by atoms with Gasteiger partial charge < -0.3 is 10.1 Å². The van der Waals surface area contributed by atoms with Crippen molar-refractivity contribution >= 4 is 28.6 Å². The lowest BCUT2D eigenvalue weighted by atomic mass is 9.71. The van der Waals surface area contributed by atoms with Gasteiger partial charge in [-0.1, -0.05) is 0 Å². The fourth-order valence-electron chi connectivity index (χ4n) is 4.39. The number of ether oxygens (including phenoxy) is 1. The number of benzene rings is 1. The molecule has 3 rings (SSSR count). The SMILES string of the molecule is CC(=O)NC(=N)C(C)(OC(C)=O)C1CCC(c2ccnc3ccc(F)cc23)CC1. The zero-order valence-corrected chi connectivity index (χ0v) is 16.9. The zero-order chi connectivity index (χ0) is 21.2. The van der Waals surface area contributed by atoms with Gasteiger partial charge in [-0.2, -0.15) is 0 Å². The first-order valence-electron chi connectivity index (χ1n) is 9.81. The molecule has 6 nitrogen and oxygen atoms in total. The van der Waals surface area contributed by atoms with E-state index in [0.29, 0.717) is 0 Å². The van der Waals surface area contributed by atoms with Crippen molar-refractivity contribution in [2.45, 2.75) is 58.0 Å². The van der Waals surface area contributed by atoms with Crippen molar-refractivity contribution in [2.75, 3.05) is 0 Å². The first kappa shape index (κ1) is 20.9. The van der Waals surface area contributed by atoms with Crippen LogP contribution in [0.15, 0.2) is 30.5 Å². The number of hydrogen-bond donors (Lipinski definition) is 2. The van der Waals surface area contributed by atoms with Gasteiger partial charge in [0.25, 0.3) is 0 Å². The number of rotatable bonds is 4. The highest BCUT2D eigenvalue weighted by atomic mass is 19.1. The summed E-state index contributed by atoms with van der Waals surface area (Å²) in [5, 5.41) is 11.6. The van der Waals surface area contributed by atoms with Crippen LogP contribution in [-0.4, -0.2) is 28.3 Å². The standard InChI is InChI=1S/C22H26FN3O3/c1-13(27)26-21(24)22(3,29-14(2)28)16-6-4-15(5-7-16)18-10-11-25-20-9-8-17(23)12-19(18)20/h8-12,15-16H,4-7H2,1-3H3,(H2,24,26,27). The van der Waals surface area contributed by atoms with E-state index in [1.54, 1.807) is 19.2 Å². The van der Waals surface area contributed by atoms with Gasteiger partial charge in [-0.3, -0.25) is 20.0 Å². The topological polar surface area (TPSA) is 92.1 Å². The Morgan fingerprint density at radius 3 is 2.52 bits per heavy atom. The van der Waals surface area contributed by atoms with Gasteiger partial charge in [-0.15, -0.1) is 0 Å². The predicted octanol–water partition coefficient (Wildman–Crippen LogP) is 4.08. The molecule has 1 atom stereocenters. The summed E-state index contributed by atoms with van der Waals surface area (Å²) in [5.41, 5.74) is 0.650. The van der Waals surface area contributed by atoms with Crippen LogP contribution in [0.2, 0.25) is 0 Å². The van der Waals surface area contributed by atoms with Crippen molar-refractivity contribution in [2.24, 2.45) is 5.92 Å². The molecule has 154 valence electrons. The van der Waals surface area contributed by atoms with Crippen LogP contribution in [0.25, 0.3) is 10.9 Å². The average molecular weight is 399 g/mol. The van der Waals surface area contributed by atoms with E-state index in [1.165, 1.54) is 26.0 Å². The molecule has 0 bridgehead atoms. The lowest BCUT2D eigenvalue weighted by Gasteiger charge is -2.41. The third-order valence-electron chi connectivity index (χ3n) is 5.84. The van der Waals surface area contributed by atoms with Crippen LogP contribution in [0.1, 0.15) is 57.9 Å². The molecule has 0 aliphatic heterocycles. The van der Waals surface area contributed by atoms with Crippen LogP contribution >= 0.6 is 0 Å². The molecule has 1 aliphatic carbocycles. The lowest BCUT2D eigenvalue weighted by Crippen LogP contribution is -2.54. The Hall–Kier alpha value is -2.83. The molecule has 0 spiro atoms. The highest BCUT2D eigenvalue weighted by Gasteiger charge is 2.44. The fourth-order valence-corrected chi connectivity index (χ4v) is 4.39. The Kier molecular flexibility index (Phi) is 5.96. The third kappa shape index (κ3) is 4.44. The molecule has 1 heterocycles. The van der Waals surface area contributed by atoms with Crippen molar-refractivity contribution in [1.29, 1.82) is 5.41 Å². The van der Waals surface area contributed by atoms with Crippen LogP contribution in [0.3, 0.4) is 0 Å². The number of fused-ring (bicyclic) bond motifs is 1. The van der Waals surface area contributed by atoms with Crippen LogP contribution in [0.4, 0.5) is 4.39 Å². The van der Waals surface area contributed by atoms with Crippen molar-refractivity contribution in [3.63, 3.8) is 0 Å². The summed E-state index contributed by atoms with van der Waals surface area (Å²) in [7, 11) is 0. The summed E-state index contributed by atoms with van der Waals surface area (Å²) in [6.07, 6.45) is 4.80. The molecule has 1 fully saturated rings. The minimum atomic E-state index is -1.19. The molecule has 1 aliphatic rings. The molecule has 1 amide bonds. The lowest BCUT2D eigenvalue weighted by molar-refractivity contribution is -0.154. The average Bonchev–Trinajstić information content (AvgIpc) is 2.66. The molecule has 7 heteroatoms. The van der Waals surface area contributed by atoms with Gasteiger partial charge >= 0.3 is 5.97 Å². The first-order valence-corrected chi connectivity index (χ1v) is 9.81. The van der Waals surface area contributed by atoms with Gasteiger partial charge in [0, 0.05) is 31.3 Å². The maximum absolute atomic E-state index is 13.8. The molecule has 1 aromatic carbocycles. The molecule has 1 aromatic heterocycles. The Bertz CT molecular complexity index is 953. The fraction of sp³-hybridized carbons (Fsp3) is 0.455. The Balaban J connectivity index is 1.81. The number of nitrogens with one attached hydrogen (secondary N) is 2. The summed E-state index contributed by atoms with van der Waals surface area (Å²) in [6.45, 7) is 4.32. The number of aromatic nitrogens is 1. The third-order valence-corrected chi connectivity index (χ3v) is 5.84. The number of carbonyl (C=O) groups is 2. The highest BCUT2D eigenvalue weighted by molar-refractivity contribution is 6.01. The van der Waals surface area contributed by atoms with Crippen LogP contribution in [-0.2, 0) is 14.3 Å². The van der Waals surface area contributed by atoms with Crippen molar-refractivity contribution in [3.8, 4) is 0 Å². The van der Waals surface area contributed by atoms with Gasteiger partial charge in [0.05, 0.1) is 5.52 Å². The molecular formula is C22H26FN3O3. The minimum absolute atomic E-state index is 0.0909. The second-order valence-corrected chi connectivity index (χ2v) is 7.87. The van der Waals surface area contributed by atoms with Gasteiger partial charge in [0.1, 0.15) is 11.7 Å². The summed E-state index contributed by atoms with van der Waals surface area (Å²) >= 11 is 0. The number of halogens is 1. The van der Waals surface area contributed by atoms with Gasteiger partial charge in [0.2, 0.25) is 5.91 Å². The van der Waals surface area contributed by atoms with E-state index in [0.717, 1.165) is 42.1 Å². The number of nitrogens with zero attached hydrogens (tertiary/aromatic N) is 1. The normalized spacial score (nSPS) is 21.2. The van der Waals surface area contributed by atoms with Crippen LogP contribution in [0.5, 0.6) is 0 Å². The molecule has 2 aromatic rings. The van der Waals surface area contributed by atoms with Crippen LogP contribution in [0, 0.1) is 17.1 Å². The number of hydrogen-bond acceptors (Lipinski definition) is 5. The summed E-state index contributed by atoms with van der Waals surface area (Å²) in [6, 6.07) is 6.57. The number of amidine groups is 1. The van der Waals surface area contributed by atoms with E-state index in [1.807, 2.05) is 6.07 Å². The second-order valence-electron chi connectivity index (χ2n) is 7.87. The minimum Gasteiger partial charge on any atom is -0.451 e. The van der Waals surface area contributed by atoms with E-state index < -0.39 is 11.6 Å². The maximum atomic E-state index is 13.8. The summed E-state index contributed by atoms with van der Waals surface area (Å²) in [5.74, 6) is -1.10. The van der Waals surface area contributed by atoms with Gasteiger partial charge in [-0.25, -0.2) is 4.39 Å². The molecule has 1 saturated carbocycles. The van der Waals surface area contributed by atoms with E-state index in [4.69, 9.17) is 10.1 Å². The number of carbonyl (C=O) groups excluding carboxylic acids is 2. The van der Waals surface area contributed by atoms with E-state index in [9.17, 15) is 14.0 Å². The zero-order valence-electron chi connectivity index (χ0n) is 16.9. The largest absolute Gasteiger partial charge is 0.451 e. The number of esters is 1. The quantitative estimate of drug-likeness (QED) is 0.460. The molecule has 1 unspecified atom stereocenters. The molecule has 29 heavy (non-hydrogen) atoms. The van der Waals surface area contributed by atoms with Crippen molar-refractivity contribution in [3.05, 3.63) is 41.8 Å². The number of pyridine rings is 1. The van der Waals surface area contributed by atoms with Crippen molar-refractivity contribution < 1.29 is 18.7 Å². The molecule has 2 N–H and O–H groups in total. The van der Waals surface area contributed by atoms with Crippen LogP contribution < -0.4 is 5.32 Å². The summed E-state index contributed by atoms with van der Waals surface area (Å²) < 4.78 is 19.3. The predicted molar refractivity (Wildman–Crippen MR) is 108 cm³/mol. The Labute approximate surface area is 169 Å². The van der Waals surface area contributed by atoms with Gasteiger partial charge in [-0.05, 0) is 68.4 Å². The van der Waals surface area contributed by atoms with Crippen molar-refractivity contribution in [1.82, 2.24) is 10.3 Å². The van der Waals surface area contributed by atoms with E-state index in [2.05, 4.69) is 10.3 Å². The summed E-state index contributed by atoms with van der Waals surface area (Å²) in [4.78, 5) is 27.4. The van der Waals surface area contributed by atoms with E-state index in [-0.39, 0.29) is 29.4 Å².